The Bertz CT molecular complexity index is 667. The van der Waals surface area contributed by atoms with Gasteiger partial charge in [-0.2, -0.15) is 0 Å². The molecule has 4 nitrogen and oxygen atoms in total. The minimum atomic E-state index is -0.0711. The number of hydrogen-bond donors (Lipinski definition) is 2. The van der Waals surface area contributed by atoms with Gasteiger partial charge in [0.15, 0.2) is 0 Å². The molecular formula is C19H25N3O. The molecule has 1 aromatic carbocycles. The van der Waals surface area contributed by atoms with Gasteiger partial charge in [0.2, 0.25) is 0 Å². The Kier molecular flexibility index (Phi) is 6.15. The number of aryl methyl sites for hydroxylation is 2. The summed E-state index contributed by atoms with van der Waals surface area (Å²) in [5.74, 6) is -0.0711. The van der Waals surface area contributed by atoms with Crippen LogP contribution >= 0.6 is 0 Å². The van der Waals surface area contributed by atoms with Crippen LogP contribution in [0.2, 0.25) is 0 Å². The third-order valence-corrected chi connectivity index (χ3v) is 3.74. The molecular weight excluding hydrogens is 286 g/mol. The molecule has 0 spiro atoms. The van der Waals surface area contributed by atoms with E-state index in [-0.39, 0.29) is 5.91 Å². The maximum Gasteiger partial charge on any atom is 0.252 e. The van der Waals surface area contributed by atoms with Gasteiger partial charge in [0.1, 0.15) is 0 Å². The second kappa shape index (κ2) is 8.32. The molecule has 0 bridgehead atoms. The molecule has 0 saturated carbocycles. The number of aromatic nitrogens is 1. The van der Waals surface area contributed by atoms with E-state index in [9.17, 15) is 4.79 Å². The van der Waals surface area contributed by atoms with E-state index in [4.69, 9.17) is 0 Å². The molecule has 4 heteroatoms. The molecule has 2 aromatic rings. The molecule has 0 aliphatic rings. The lowest BCUT2D eigenvalue weighted by Crippen LogP contribution is -2.24. The summed E-state index contributed by atoms with van der Waals surface area (Å²) in [5, 5.41) is 6.28. The number of nitrogens with one attached hydrogen (secondary N) is 2. The van der Waals surface area contributed by atoms with E-state index in [1.165, 1.54) is 5.56 Å². The van der Waals surface area contributed by atoms with E-state index in [1.54, 1.807) is 12.4 Å². The number of rotatable bonds is 7. The maximum atomic E-state index is 12.2. The van der Waals surface area contributed by atoms with Crippen LogP contribution in [0.15, 0.2) is 36.7 Å². The number of benzene rings is 1. The van der Waals surface area contributed by atoms with E-state index in [0.29, 0.717) is 12.1 Å². The molecule has 2 N–H and O–H groups in total. The predicted octanol–water partition coefficient (Wildman–Crippen LogP) is 4.36. The van der Waals surface area contributed by atoms with Crippen molar-refractivity contribution in [2.24, 2.45) is 0 Å². The lowest BCUT2D eigenvalue weighted by molar-refractivity contribution is 0.0952. The SMILES string of the molecule is CCCCCNC(=O)c1cncc(Nc2cc(C)ccc2C)c1. The minimum absolute atomic E-state index is 0.0711. The van der Waals surface area contributed by atoms with Crippen molar-refractivity contribution in [1.29, 1.82) is 0 Å². The van der Waals surface area contributed by atoms with Crippen molar-refractivity contribution < 1.29 is 4.79 Å². The molecule has 0 fully saturated rings. The predicted molar refractivity (Wildman–Crippen MR) is 95.3 cm³/mol. The maximum absolute atomic E-state index is 12.2. The van der Waals surface area contributed by atoms with Gasteiger partial charge in [-0.25, -0.2) is 0 Å². The van der Waals surface area contributed by atoms with Gasteiger partial charge in [0, 0.05) is 18.4 Å². The number of carbonyl (C=O) groups excluding carboxylic acids is 1. The number of nitrogens with zero attached hydrogens (tertiary/aromatic N) is 1. The first-order valence-corrected chi connectivity index (χ1v) is 8.17. The van der Waals surface area contributed by atoms with Crippen molar-refractivity contribution in [3.8, 4) is 0 Å². The standard InChI is InChI=1S/C19H25N3O/c1-4-5-6-9-21-19(23)16-11-17(13-20-12-16)22-18-10-14(2)7-8-15(18)3/h7-8,10-13,22H,4-6,9H2,1-3H3,(H,21,23). The van der Waals surface area contributed by atoms with Crippen LogP contribution in [0, 0.1) is 13.8 Å². The molecule has 1 amide bonds. The van der Waals surface area contributed by atoms with Gasteiger partial charge in [0.05, 0.1) is 17.4 Å². The van der Waals surface area contributed by atoms with Crippen LogP contribution in [-0.4, -0.2) is 17.4 Å². The van der Waals surface area contributed by atoms with Gasteiger partial charge in [-0.05, 0) is 43.5 Å². The average molecular weight is 311 g/mol. The first-order chi connectivity index (χ1) is 11.1. The zero-order valence-electron chi connectivity index (χ0n) is 14.1. The summed E-state index contributed by atoms with van der Waals surface area (Å²) in [4.78, 5) is 16.3. The van der Waals surface area contributed by atoms with Crippen molar-refractivity contribution >= 4 is 17.3 Å². The van der Waals surface area contributed by atoms with E-state index in [0.717, 1.165) is 36.2 Å². The molecule has 2 rings (SSSR count). The molecule has 0 aliphatic carbocycles. The Labute approximate surface area is 138 Å². The quantitative estimate of drug-likeness (QED) is 0.747. The normalized spacial score (nSPS) is 10.4. The third-order valence-electron chi connectivity index (χ3n) is 3.74. The van der Waals surface area contributed by atoms with Crippen molar-refractivity contribution in [2.45, 2.75) is 40.0 Å². The molecule has 122 valence electrons. The zero-order valence-corrected chi connectivity index (χ0v) is 14.1. The average Bonchev–Trinajstić information content (AvgIpc) is 2.55. The molecule has 0 saturated heterocycles. The molecule has 1 aromatic heterocycles. The Morgan fingerprint density at radius 2 is 1.96 bits per heavy atom. The fourth-order valence-corrected chi connectivity index (χ4v) is 2.34. The fraction of sp³-hybridized carbons (Fsp3) is 0.368. The summed E-state index contributed by atoms with van der Waals surface area (Å²) >= 11 is 0. The van der Waals surface area contributed by atoms with E-state index in [1.807, 2.05) is 6.07 Å². The van der Waals surface area contributed by atoms with E-state index >= 15 is 0 Å². The van der Waals surface area contributed by atoms with Gasteiger partial charge in [0.25, 0.3) is 5.91 Å². The largest absolute Gasteiger partial charge is 0.354 e. The Morgan fingerprint density at radius 3 is 2.74 bits per heavy atom. The van der Waals surface area contributed by atoms with Gasteiger partial charge >= 0.3 is 0 Å². The van der Waals surface area contributed by atoms with Crippen molar-refractivity contribution in [3.63, 3.8) is 0 Å². The number of amides is 1. The molecule has 23 heavy (non-hydrogen) atoms. The first-order valence-electron chi connectivity index (χ1n) is 8.17. The van der Waals surface area contributed by atoms with Gasteiger partial charge < -0.3 is 10.6 Å². The molecule has 0 unspecified atom stereocenters. The van der Waals surface area contributed by atoms with Gasteiger partial charge in [-0.1, -0.05) is 31.9 Å². The number of anilines is 2. The highest BCUT2D eigenvalue weighted by atomic mass is 16.1. The lowest BCUT2D eigenvalue weighted by Gasteiger charge is -2.11. The summed E-state index contributed by atoms with van der Waals surface area (Å²) in [6.07, 6.45) is 6.62. The van der Waals surface area contributed by atoms with Crippen LogP contribution < -0.4 is 10.6 Å². The van der Waals surface area contributed by atoms with Gasteiger partial charge in [-0.15, -0.1) is 0 Å². The van der Waals surface area contributed by atoms with Crippen molar-refractivity contribution in [2.75, 3.05) is 11.9 Å². The number of pyridine rings is 1. The van der Waals surface area contributed by atoms with Crippen molar-refractivity contribution in [3.05, 3.63) is 53.3 Å². The number of unbranched alkanes of at least 4 members (excludes halogenated alkanes) is 2. The van der Waals surface area contributed by atoms with Crippen LogP contribution in [0.4, 0.5) is 11.4 Å². The van der Waals surface area contributed by atoms with Crippen molar-refractivity contribution in [1.82, 2.24) is 10.3 Å². The smallest absolute Gasteiger partial charge is 0.252 e. The summed E-state index contributed by atoms with van der Waals surface area (Å²) in [6.45, 7) is 6.97. The Balaban J connectivity index is 2.04. The summed E-state index contributed by atoms with van der Waals surface area (Å²) < 4.78 is 0. The summed E-state index contributed by atoms with van der Waals surface area (Å²) in [6, 6.07) is 8.09. The van der Waals surface area contributed by atoms with Crippen LogP contribution in [0.3, 0.4) is 0 Å². The highest BCUT2D eigenvalue weighted by Crippen LogP contribution is 2.21. The molecule has 0 atom stereocenters. The first kappa shape index (κ1) is 17.0. The van der Waals surface area contributed by atoms with Crippen LogP contribution in [-0.2, 0) is 0 Å². The zero-order chi connectivity index (χ0) is 16.7. The molecule has 1 heterocycles. The molecule has 0 aliphatic heterocycles. The number of carbonyl (C=O) groups is 1. The fourth-order valence-electron chi connectivity index (χ4n) is 2.34. The second-order valence-corrected chi connectivity index (χ2v) is 5.87. The Hall–Kier alpha value is -2.36. The molecule has 0 radical (unpaired) electrons. The number of hydrogen-bond acceptors (Lipinski definition) is 3. The summed E-state index contributed by atoms with van der Waals surface area (Å²) in [7, 11) is 0. The van der Waals surface area contributed by atoms with Crippen LogP contribution in [0.1, 0.15) is 47.7 Å². The highest BCUT2D eigenvalue weighted by molar-refractivity contribution is 5.94. The monoisotopic (exact) mass is 311 g/mol. The summed E-state index contributed by atoms with van der Waals surface area (Å²) in [5.41, 5.74) is 4.78. The van der Waals surface area contributed by atoms with Crippen LogP contribution in [0.5, 0.6) is 0 Å². The second-order valence-electron chi connectivity index (χ2n) is 5.87. The van der Waals surface area contributed by atoms with Gasteiger partial charge in [-0.3, -0.25) is 9.78 Å². The third kappa shape index (κ3) is 5.09. The lowest BCUT2D eigenvalue weighted by atomic mass is 10.1. The highest BCUT2D eigenvalue weighted by Gasteiger charge is 2.07. The van der Waals surface area contributed by atoms with E-state index in [2.05, 4.69) is 54.6 Å². The van der Waals surface area contributed by atoms with Crippen LogP contribution in [0.25, 0.3) is 0 Å². The minimum Gasteiger partial charge on any atom is -0.354 e. The topological polar surface area (TPSA) is 54.0 Å². The Morgan fingerprint density at radius 1 is 1.13 bits per heavy atom. The van der Waals surface area contributed by atoms with E-state index < -0.39 is 0 Å².